The molecule has 0 heterocycles. The minimum absolute atomic E-state index is 0.0330. The number of hydrogen-bond donors (Lipinski definition) is 1. The molecule has 0 unspecified atom stereocenters. The van der Waals surface area contributed by atoms with Gasteiger partial charge in [0.15, 0.2) is 9.84 Å². The summed E-state index contributed by atoms with van der Waals surface area (Å²) < 4.78 is 36.1. The average molecular weight is 306 g/mol. The van der Waals surface area contributed by atoms with Gasteiger partial charge in [0.2, 0.25) is 0 Å². The highest BCUT2D eigenvalue weighted by Gasteiger charge is 2.12. The molecule has 4 nitrogen and oxygen atoms in total. The first-order valence-corrected chi connectivity index (χ1v) is 8.52. The van der Waals surface area contributed by atoms with Crippen molar-refractivity contribution in [2.24, 2.45) is 0 Å². The predicted octanol–water partition coefficient (Wildman–Crippen LogP) is 2.44. The van der Waals surface area contributed by atoms with Crippen molar-refractivity contribution >= 4 is 27.6 Å². The lowest BCUT2D eigenvalue weighted by atomic mass is 10.2. The highest BCUT2D eigenvalue weighted by atomic mass is 32.2. The van der Waals surface area contributed by atoms with E-state index in [4.69, 9.17) is 5.11 Å². The van der Waals surface area contributed by atoms with Gasteiger partial charge >= 0.3 is 5.97 Å². The summed E-state index contributed by atoms with van der Waals surface area (Å²) in [5, 5.41) is 8.77. The van der Waals surface area contributed by atoms with E-state index in [9.17, 15) is 17.6 Å². The van der Waals surface area contributed by atoms with Crippen LogP contribution in [0.2, 0.25) is 0 Å². The van der Waals surface area contributed by atoms with Crippen molar-refractivity contribution < 1.29 is 22.7 Å². The lowest BCUT2D eigenvalue weighted by Crippen LogP contribution is -2.12. The SMILES string of the molecule is CCCS(=O)(=O)CCSc1ccc(F)c(C(=O)O)c1. The zero-order valence-corrected chi connectivity index (χ0v) is 12.1. The van der Waals surface area contributed by atoms with E-state index >= 15 is 0 Å². The smallest absolute Gasteiger partial charge is 0.338 e. The second-order valence-corrected chi connectivity index (χ2v) is 7.42. The summed E-state index contributed by atoms with van der Waals surface area (Å²) in [7, 11) is -3.05. The van der Waals surface area contributed by atoms with Gasteiger partial charge in [-0.3, -0.25) is 0 Å². The van der Waals surface area contributed by atoms with Crippen molar-refractivity contribution in [2.75, 3.05) is 17.3 Å². The third-order valence-electron chi connectivity index (χ3n) is 2.35. The fourth-order valence-corrected chi connectivity index (χ4v) is 4.23. The first-order valence-electron chi connectivity index (χ1n) is 5.72. The second-order valence-electron chi connectivity index (χ2n) is 3.95. The van der Waals surface area contributed by atoms with Gasteiger partial charge < -0.3 is 5.11 Å². The van der Waals surface area contributed by atoms with E-state index in [1.165, 1.54) is 23.9 Å². The number of thioether (sulfide) groups is 1. The molecule has 1 aromatic rings. The number of aromatic carboxylic acids is 1. The average Bonchev–Trinajstić information content (AvgIpc) is 2.30. The van der Waals surface area contributed by atoms with Gasteiger partial charge in [0, 0.05) is 16.4 Å². The maximum absolute atomic E-state index is 13.1. The van der Waals surface area contributed by atoms with Gasteiger partial charge in [0.05, 0.1) is 11.3 Å². The van der Waals surface area contributed by atoms with Crippen molar-refractivity contribution in [3.8, 4) is 0 Å². The molecule has 0 amide bonds. The maximum Gasteiger partial charge on any atom is 0.338 e. The van der Waals surface area contributed by atoms with Crippen LogP contribution in [0, 0.1) is 5.82 Å². The van der Waals surface area contributed by atoms with Crippen LogP contribution in [-0.4, -0.2) is 36.8 Å². The van der Waals surface area contributed by atoms with Crippen LogP contribution in [-0.2, 0) is 9.84 Å². The van der Waals surface area contributed by atoms with Crippen molar-refractivity contribution in [1.29, 1.82) is 0 Å². The van der Waals surface area contributed by atoms with Crippen molar-refractivity contribution in [1.82, 2.24) is 0 Å². The molecule has 0 radical (unpaired) electrons. The van der Waals surface area contributed by atoms with Crippen LogP contribution in [0.15, 0.2) is 23.1 Å². The Morgan fingerprint density at radius 3 is 2.63 bits per heavy atom. The van der Waals surface area contributed by atoms with E-state index in [1.54, 1.807) is 6.92 Å². The minimum Gasteiger partial charge on any atom is -0.478 e. The molecule has 0 aliphatic rings. The molecule has 1 aromatic carbocycles. The Bertz CT molecular complexity index is 555. The first-order chi connectivity index (χ1) is 8.85. The molecule has 19 heavy (non-hydrogen) atoms. The molecule has 0 saturated heterocycles. The van der Waals surface area contributed by atoms with Crippen LogP contribution in [0.1, 0.15) is 23.7 Å². The standard InChI is InChI=1S/C12H15FO4S2/c1-2-6-19(16,17)7-5-18-9-3-4-11(13)10(8-9)12(14)15/h3-4,8H,2,5-7H2,1H3,(H,14,15). The Balaban J connectivity index is 2.64. The third kappa shape index (κ3) is 5.20. The van der Waals surface area contributed by atoms with E-state index in [0.717, 1.165) is 6.07 Å². The lowest BCUT2D eigenvalue weighted by molar-refractivity contribution is 0.0691. The molecule has 1 rings (SSSR count). The molecule has 7 heteroatoms. The molecule has 0 atom stereocenters. The van der Waals surface area contributed by atoms with E-state index in [-0.39, 0.29) is 11.5 Å². The van der Waals surface area contributed by atoms with Gasteiger partial charge in [-0.2, -0.15) is 0 Å². The number of sulfone groups is 1. The molecular weight excluding hydrogens is 291 g/mol. The third-order valence-corrected chi connectivity index (χ3v) is 5.46. The molecule has 0 bridgehead atoms. The monoisotopic (exact) mass is 306 g/mol. The van der Waals surface area contributed by atoms with E-state index in [2.05, 4.69) is 0 Å². The number of carboxylic acids is 1. The Morgan fingerprint density at radius 1 is 1.37 bits per heavy atom. The molecule has 0 saturated carbocycles. The van der Waals surface area contributed by atoms with Crippen LogP contribution < -0.4 is 0 Å². The topological polar surface area (TPSA) is 71.4 Å². The van der Waals surface area contributed by atoms with Gasteiger partial charge in [0.25, 0.3) is 0 Å². The summed E-state index contributed by atoms with van der Waals surface area (Å²) in [6, 6.07) is 3.74. The Labute approximate surface area is 115 Å². The maximum atomic E-state index is 13.1. The fourth-order valence-electron chi connectivity index (χ4n) is 1.46. The summed E-state index contributed by atoms with van der Waals surface area (Å²) >= 11 is 1.20. The molecule has 0 aliphatic heterocycles. The predicted molar refractivity (Wildman–Crippen MR) is 73.0 cm³/mol. The van der Waals surface area contributed by atoms with Crippen LogP contribution in [0.5, 0.6) is 0 Å². The van der Waals surface area contributed by atoms with Gasteiger partial charge in [-0.05, 0) is 24.6 Å². The largest absolute Gasteiger partial charge is 0.478 e. The van der Waals surface area contributed by atoms with E-state index < -0.39 is 27.2 Å². The molecule has 0 spiro atoms. The molecule has 1 N–H and O–H groups in total. The number of carboxylic acid groups (broad SMARTS) is 1. The first kappa shape index (κ1) is 16.0. The molecule has 0 fully saturated rings. The molecule has 0 aliphatic carbocycles. The van der Waals surface area contributed by atoms with E-state index in [1.807, 2.05) is 0 Å². The number of rotatable bonds is 7. The summed E-state index contributed by atoms with van der Waals surface area (Å²) in [5.74, 6) is -1.62. The summed E-state index contributed by atoms with van der Waals surface area (Å²) in [6.07, 6.45) is 0.576. The van der Waals surface area contributed by atoms with Gasteiger partial charge in [-0.15, -0.1) is 11.8 Å². The van der Waals surface area contributed by atoms with E-state index in [0.29, 0.717) is 17.1 Å². The highest BCUT2D eigenvalue weighted by molar-refractivity contribution is 8.00. The zero-order valence-electron chi connectivity index (χ0n) is 10.4. The molecule has 106 valence electrons. The van der Waals surface area contributed by atoms with Crippen LogP contribution in [0.3, 0.4) is 0 Å². The van der Waals surface area contributed by atoms with Gasteiger partial charge in [-0.1, -0.05) is 6.92 Å². The number of halogens is 1. The normalized spacial score (nSPS) is 11.5. The van der Waals surface area contributed by atoms with Crippen LogP contribution in [0.25, 0.3) is 0 Å². The van der Waals surface area contributed by atoms with Crippen molar-refractivity contribution in [2.45, 2.75) is 18.2 Å². The second kappa shape index (κ2) is 6.91. The Kier molecular flexibility index (Phi) is 5.81. The quantitative estimate of drug-likeness (QED) is 0.783. The number of carbonyl (C=O) groups is 1. The summed E-state index contributed by atoms with van der Waals surface area (Å²) in [4.78, 5) is 11.3. The van der Waals surface area contributed by atoms with Crippen molar-refractivity contribution in [3.63, 3.8) is 0 Å². The Hall–Kier alpha value is -1.08. The lowest BCUT2D eigenvalue weighted by Gasteiger charge is -2.04. The number of benzene rings is 1. The number of hydrogen-bond acceptors (Lipinski definition) is 4. The van der Waals surface area contributed by atoms with Crippen LogP contribution >= 0.6 is 11.8 Å². The zero-order chi connectivity index (χ0) is 14.5. The Morgan fingerprint density at radius 2 is 2.05 bits per heavy atom. The highest BCUT2D eigenvalue weighted by Crippen LogP contribution is 2.21. The van der Waals surface area contributed by atoms with Crippen LogP contribution in [0.4, 0.5) is 4.39 Å². The fraction of sp³-hybridized carbons (Fsp3) is 0.417. The molecule has 0 aromatic heterocycles. The molecular formula is C12H15FO4S2. The van der Waals surface area contributed by atoms with Gasteiger partial charge in [-0.25, -0.2) is 17.6 Å². The van der Waals surface area contributed by atoms with Crippen molar-refractivity contribution in [3.05, 3.63) is 29.6 Å². The van der Waals surface area contributed by atoms with Gasteiger partial charge in [0.1, 0.15) is 5.82 Å². The summed E-state index contributed by atoms with van der Waals surface area (Å²) in [6.45, 7) is 1.80. The summed E-state index contributed by atoms with van der Waals surface area (Å²) in [5.41, 5.74) is -0.401. The minimum atomic E-state index is -3.05.